The van der Waals surface area contributed by atoms with Crippen LogP contribution in [0.2, 0.25) is 0 Å². The van der Waals surface area contributed by atoms with Gasteiger partial charge in [-0.2, -0.15) is 0 Å². The van der Waals surface area contributed by atoms with Gasteiger partial charge in [0, 0.05) is 5.69 Å². The lowest BCUT2D eigenvalue weighted by Gasteiger charge is -2.08. The second kappa shape index (κ2) is 10.1. The molecule has 0 bridgehead atoms. The molecular weight excluding hydrogens is 420 g/mol. The Balaban J connectivity index is 0.00000288. The van der Waals surface area contributed by atoms with Gasteiger partial charge in [0.1, 0.15) is 0 Å². The second-order valence-electron chi connectivity index (χ2n) is 5.07. The summed E-state index contributed by atoms with van der Waals surface area (Å²) in [6, 6.07) is 12.8. The fourth-order valence-corrected chi connectivity index (χ4v) is 2.10. The van der Waals surface area contributed by atoms with E-state index in [2.05, 4.69) is 17.2 Å². The van der Waals surface area contributed by atoms with Crippen LogP contribution in [0.5, 0.6) is 5.75 Å². The third kappa shape index (κ3) is 5.99. The highest BCUT2D eigenvalue weighted by molar-refractivity contribution is 14.0. The van der Waals surface area contributed by atoms with Gasteiger partial charge in [-0.1, -0.05) is 25.1 Å². The Bertz CT molecular complexity index is 674. The normalized spacial score (nSPS) is 10.9. The van der Waals surface area contributed by atoms with Crippen LogP contribution in [0.25, 0.3) is 0 Å². The van der Waals surface area contributed by atoms with Crippen molar-refractivity contribution in [3.05, 3.63) is 59.4 Å². The first-order chi connectivity index (χ1) is 11.1. The number of hydrogen-bond acceptors (Lipinski definition) is 2. The van der Waals surface area contributed by atoms with Crippen LogP contribution in [-0.4, -0.2) is 12.6 Å². The average molecular weight is 443 g/mol. The predicted octanol–water partition coefficient (Wildman–Crippen LogP) is 4.33. The van der Waals surface area contributed by atoms with Crippen LogP contribution in [0.15, 0.2) is 47.5 Å². The minimum atomic E-state index is -0.388. The van der Waals surface area contributed by atoms with Crippen molar-refractivity contribution < 1.29 is 9.13 Å². The molecule has 0 aromatic heterocycles. The Kier molecular flexibility index (Phi) is 8.53. The van der Waals surface area contributed by atoms with E-state index in [1.807, 2.05) is 31.2 Å². The van der Waals surface area contributed by atoms with E-state index < -0.39 is 0 Å². The lowest BCUT2D eigenvalue weighted by Crippen LogP contribution is -2.22. The molecular formula is C18H23FIN3O. The number of halogens is 2. The molecule has 2 rings (SSSR count). The molecule has 0 aliphatic heterocycles. The van der Waals surface area contributed by atoms with E-state index in [0.29, 0.717) is 19.1 Å². The molecule has 0 saturated heterocycles. The second-order valence-corrected chi connectivity index (χ2v) is 5.07. The van der Waals surface area contributed by atoms with Crippen LogP contribution < -0.4 is 15.8 Å². The molecule has 0 amide bonds. The van der Waals surface area contributed by atoms with Crippen LogP contribution in [-0.2, 0) is 13.0 Å². The van der Waals surface area contributed by atoms with Crippen molar-refractivity contribution in [3.8, 4) is 5.75 Å². The zero-order chi connectivity index (χ0) is 16.7. The molecule has 3 N–H and O–H groups in total. The largest absolute Gasteiger partial charge is 0.491 e. The molecule has 2 aromatic carbocycles. The molecule has 0 atom stereocenters. The van der Waals surface area contributed by atoms with Gasteiger partial charge < -0.3 is 15.8 Å². The fourth-order valence-electron chi connectivity index (χ4n) is 2.10. The minimum absolute atomic E-state index is 0. The molecule has 0 aliphatic carbocycles. The lowest BCUT2D eigenvalue weighted by atomic mass is 10.1. The zero-order valence-electron chi connectivity index (χ0n) is 13.9. The summed E-state index contributed by atoms with van der Waals surface area (Å²) in [6.07, 6.45) is 0.993. The van der Waals surface area contributed by atoms with Gasteiger partial charge in [0.25, 0.3) is 0 Å². The molecule has 0 spiro atoms. The standard InChI is InChI=1S/C18H22FN3O.HI/c1-3-13-5-8-15(9-6-13)22-18(20)21-12-14-7-10-17(23-4-2)16(19)11-14;/h5-11H,3-4,12H2,1-2H3,(H3,20,21,22);1H. The highest BCUT2D eigenvalue weighted by atomic mass is 127. The number of nitrogens with one attached hydrogen (secondary N) is 1. The molecule has 0 aliphatic rings. The number of hydrogen-bond donors (Lipinski definition) is 2. The van der Waals surface area contributed by atoms with Crippen molar-refractivity contribution in [2.45, 2.75) is 26.8 Å². The molecule has 0 heterocycles. The van der Waals surface area contributed by atoms with Crippen molar-refractivity contribution in [3.63, 3.8) is 0 Å². The predicted molar refractivity (Wildman–Crippen MR) is 108 cm³/mol. The highest BCUT2D eigenvalue weighted by Gasteiger charge is 2.04. The van der Waals surface area contributed by atoms with E-state index in [0.717, 1.165) is 17.7 Å². The minimum Gasteiger partial charge on any atom is -0.491 e. The zero-order valence-corrected chi connectivity index (χ0v) is 16.2. The maximum Gasteiger partial charge on any atom is 0.193 e. The Labute approximate surface area is 159 Å². The van der Waals surface area contributed by atoms with Gasteiger partial charge in [-0.05, 0) is 48.7 Å². The monoisotopic (exact) mass is 443 g/mol. The summed E-state index contributed by atoms with van der Waals surface area (Å²) >= 11 is 0. The fraction of sp³-hybridized carbons (Fsp3) is 0.278. The summed E-state index contributed by atoms with van der Waals surface area (Å²) in [7, 11) is 0. The van der Waals surface area contributed by atoms with Crippen LogP contribution in [0.1, 0.15) is 25.0 Å². The third-order valence-electron chi connectivity index (χ3n) is 3.36. The first-order valence-electron chi connectivity index (χ1n) is 7.69. The van der Waals surface area contributed by atoms with Crippen molar-refractivity contribution in [1.29, 1.82) is 0 Å². The first kappa shape index (κ1) is 20.2. The smallest absolute Gasteiger partial charge is 0.193 e. The lowest BCUT2D eigenvalue weighted by molar-refractivity contribution is 0.321. The maximum absolute atomic E-state index is 13.8. The van der Waals surface area contributed by atoms with E-state index in [9.17, 15) is 4.39 Å². The highest BCUT2D eigenvalue weighted by Crippen LogP contribution is 2.18. The van der Waals surface area contributed by atoms with Crippen LogP contribution in [0.4, 0.5) is 10.1 Å². The number of nitrogens with zero attached hydrogens (tertiary/aromatic N) is 1. The van der Waals surface area contributed by atoms with Gasteiger partial charge in [-0.3, -0.25) is 0 Å². The molecule has 6 heteroatoms. The molecule has 0 unspecified atom stereocenters. The quantitative estimate of drug-likeness (QED) is 0.397. The topological polar surface area (TPSA) is 59.6 Å². The van der Waals surface area contributed by atoms with E-state index in [-0.39, 0.29) is 35.5 Å². The van der Waals surface area contributed by atoms with Crippen LogP contribution in [0.3, 0.4) is 0 Å². The first-order valence-corrected chi connectivity index (χ1v) is 7.69. The summed E-state index contributed by atoms with van der Waals surface area (Å²) in [5.74, 6) is 0.159. The van der Waals surface area contributed by atoms with Gasteiger partial charge in [-0.25, -0.2) is 9.38 Å². The Hall–Kier alpha value is -1.83. The van der Waals surface area contributed by atoms with Crippen molar-refractivity contribution in [1.82, 2.24) is 0 Å². The summed E-state index contributed by atoms with van der Waals surface area (Å²) < 4.78 is 18.9. The van der Waals surface area contributed by atoms with Crippen LogP contribution in [0, 0.1) is 5.82 Å². The van der Waals surface area contributed by atoms with E-state index in [1.165, 1.54) is 11.6 Å². The SMILES string of the molecule is CCOc1ccc(CN=C(N)Nc2ccc(CC)cc2)cc1F.I. The summed E-state index contributed by atoms with van der Waals surface area (Å²) in [5.41, 5.74) is 8.73. The number of rotatable bonds is 6. The number of aliphatic imine (C=N–C) groups is 1. The van der Waals surface area contributed by atoms with E-state index >= 15 is 0 Å². The number of anilines is 1. The van der Waals surface area contributed by atoms with E-state index in [1.54, 1.807) is 12.1 Å². The van der Waals surface area contributed by atoms with E-state index in [4.69, 9.17) is 10.5 Å². The van der Waals surface area contributed by atoms with Crippen molar-refractivity contribution >= 4 is 35.6 Å². The van der Waals surface area contributed by atoms with Gasteiger partial charge >= 0.3 is 0 Å². The Morgan fingerprint density at radius 3 is 2.38 bits per heavy atom. The van der Waals surface area contributed by atoms with Crippen molar-refractivity contribution in [2.75, 3.05) is 11.9 Å². The summed E-state index contributed by atoms with van der Waals surface area (Å²) in [6.45, 7) is 4.66. The number of nitrogens with two attached hydrogens (primary N) is 1. The molecule has 0 saturated carbocycles. The van der Waals surface area contributed by atoms with Crippen molar-refractivity contribution in [2.24, 2.45) is 10.7 Å². The number of guanidine groups is 1. The molecule has 4 nitrogen and oxygen atoms in total. The average Bonchev–Trinajstić information content (AvgIpc) is 2.56. The summed E-state index contributed by atoms with van der Waals surface area (Å²) in [4.78, 5) is 4.22. The number of benzene rings is 2. The van der Waals surface area contributed by atoms with Gasteiger partial charge in [-0.15, -0.1) is 24.0 Å². The molecule has 2 aromatic rings. The molecule has 0 radical (unpaired) electrons. The Morgan fingerprint density at radius 2 is 1.79 bits per heavy atom. The van der Waals surface area contributed by atoms with Gasteiger partial charge in [0.2, 0.25) is 0 Å². The van der Waals surface area contributed by atoms with Gasteiger partial charge in [0.05, 0.1) is 13.2 Å². The summed E-state index contributed by atoms with van der Waals surface area (Å²) in [5, 5.41) is 3.02. The number of ether oxygens (including phenoxy) is 1. The van der Waals surface area contributed by atoms with Crippen LogP contribution >= 0.6 is 24.0 Å². The maximum atomic E-state index is 13.8. The number of aryl methyl sites for hydroxylation is 1. The molecule has 24 heavy (non-hydrogen) atoms. The molecule has 130 valence electrons. The molecule has 0 fully saturated rings. The van der Waals surface area contributed by atoms with Gasteiger partial charge in [0.15, 0.2) is 17.5 Å². The Morgan fingerprint density at radius 1 is 1.12 bits per heavy atom. The third-order valence-corrected chi connectivity index (χ3v) is 3.36.